The van der Waals surface area contributed by atoms with E-state index in [1.165, 1.54) is 11.9 Å². The highest BCUT2D eigenvalue weighted by molar-refractivity contribution is 5.96. The number of rotatable bonds is 1. The average Bonchev–Trinajstić information content (AvgIpc) is 2.94. The summed E-state index contributed by atoms with van der Waals surface area (Å²) in [5.41, 5.74) is 4.32. The number of benzene rings is 1. The Bertz CT molecular complexity index is 926. The number of aryl methyl sites for hydroxylation is 1. The van der Waals surface area contributed by atoms with Gasteiger partial charge < -0.3 is 0 Å². The summed E-state index contributed by atoms with van der Waals surface area (Å²) in [7, 11) is 0. The third kappa shape index (κ3) is 1.56. The molecule has 0 fully saturated rings. The minimum absolute atomic E-state index is 0.602. The van der Waals surface area contributed by atoms with E-state index in [4.69, 9.17) is 0 Å². The van der Waals surface area contributed by atoms with Gasteiger partial charge in [-0.25, -0.2) is 9.50 Å². The summed E-state index contributed by atoms with van der Waals surface area (Å²) in [4.78, 5) is 12.8. The highest BCUT2D eigenvalue weighted by atomic mass is 15.3. The summed E-state index contributed by atoms with van der Waals surface area (Å²) in [6.45, 7) is 2.09. The van der Waals surface area contributed by atoms with Gasteiger partial charge in [-0.2, -0.15) is 10.1 Å². The predicted molar refractivity (Wildman–Crippen MR) is 76.3 cm³/mol. The van der Waals surface area contributed by atoms with Crippen LogP contribution >= 0.6 is 0 Å². The molecule has 5 nitrogen and oxygen atoms in total. The SMILES string of the molecule is Cc1ccc2ncccc2c1-c1cnc2ncnn2c1. The fourth-order valence-corrected chi connectivity index (χ4v) is 2.49. The number of pyridine rings is 1. The summed E-state index contributed by atoms with van der Waals surface area (Å²) < 4.78 is 1.68. The fraction of sp³-hybridized carbons (Fsp3) is 0.0667. The average molecular weight is 261 g/mol. The number of aromatic nitrogens is 5. The van der Waals surface area contributed by atoms with Crippen LogP contribution in [0, 0.1) is 6.92 Å². The van der Waals surface area contributed by atoms with Gasteiger partial charge in [0, 0.05) is 29.5 Å². The van der Waals surface area contributed by atoms with Crippen LogP contribution in [0.2, 0.25) is 0 Å². The maximum Gasteiger partial charge on any atom is 0.252 e. The lowest BCUT2D eigenvalue weighted by Gasteiger charge is -2.09. The first-order valence-electron chi connectivity index (χ1n) is 6.33. The van der Waals surface area contributed by atoms with Crippen molar-refractivity contribution in [3.8, 4) is 11.1 Å². The molecule has 4 aromatic rings. The second-order valence-corrected chi connectivity index (χ2v) is 4.67. The molecule has 0 aliphatic carbocycles. The van der Waals surface area contributed by atoms with Crippen LogP contribution in [0.1, 0.15) is 5.56 Å². The van der Waals surface area contributed by atoms with Crippen molar-refractivity contribution in [1.29, 1.82) is 0 Å². The summed E-state index contributed by atoms with van der Waals surface area (Å²) in [6, 6.07) is 8.15. The lowest BCUT2D eigenvalue weighted by Crippen LogP contribution is -1.94. The quantitative estimate of drug-likeness (QED) is 0.528. The standard InChI is InChI=1S/C15H11N5/c1-10-4-5-13-12(3-2-6-16-13)14(10)11-7-17-15-18-9-19-20(15)8-11/h2-9H,1H3. The van der Waals surface area contributed by atoms with Gasteiger partial charge in [0.15, 0.2) is 0 Å². The van der Waals surface area contributed by atoms with Gasteiger partial charge in [0.05, 0.1) is 5.52 Å². The zero-order valence-electron chi connectivity index (χ0n) is 10.9. The molecule has 20 heavy (non-hydrogen) atoms. The van der Waals surface area contributed by atoms with Gasteiger partial charge in [0.25, 0.3) is 5.78 Å². The van der Waals surface area contributed by atoms with E-state index in [2.05, 4.69) is 39.1 Å². The van der Waals surface area contributed by atoms with Crippen LogP contribution < -0.4 is 0 Å². The van der Waals surface area contributed by atoms with E-state index in [0.29, 0.717) is 5.78 Å². The molecule has 0 N–H and O–H groups in total. The van der Waals surface area contributed by atoms with Crippen molar-refractivity contribution in [1.82, 2.24) is 24.6 Å². The largest absolute Gasteiger partial charge is 0.256 e. The van der Waals surface area contributed by atoms with Crippen LogP contribution in [0.5, 0.6) is 0 Å². The first-order chi connectivity index (χ1) is 9.83. The van der Waals surface area contributed by atoms with Gasteiger partial charge in [-0.1, -0.05) is 12.1 Å². The number of hydrogen-bond acceptors (Lipinski definition) is 4. The van der Waals surface area contributed by atoms with E-state index in [1.54, 1.807) is 10.7 Å². The van der Waals surface area contributed by atoms with Crippen molar-refractivity contribution >= 4 is 16.7 Å². The minimum atomic E-state index is 0.602. The van der Waals surface area contributed by atoms with Crippen LogP contribution in [0.3, 0.4) is 0 Å². The van der Waals surface area contributed by atoms with Crippen LogP contribution in [0.15, 0.2) is 49.2 Å². The molecule has 96 valence electrons. The first-order valence-corrected chi connectivity index (χ1v) is 6.33. The van der Waals surface area contributed by atoms with Gasteiger partial charge in [0.2, 0.25) is 0 Å². The van der Waals surface area contributed by atoms with Crippen LogP contribution in [0.4, 0.5) is 0 Å². The smallest absolute Gasteiger partial charge is 0.252 e. The zero-order valence-corrected chi connectivity index (χ0v) is 10.9. The number of fused-ring (bicyclic) bond motifs is 2. The molecule has 4 rings (SSSR count). The molecule has 0 bridgehead atoms. The molecule has 0 atom stereocenters. The van der Waals surface area contributed by atoms with E-state index >= 15 is 0 Å². The molecule has 0 aliphatic rings. The van der Waals surface area contributed by atoms with Crippen LogP contribution in [0.25, 0.3) is 27.8 Å². The topological polar surface area (TPSA) is 56.0 Å². The Balaban J connectivity index is 2.07. The Hall–Kier alpha value is -2.82. The molecule has 3 heterocycles. The van der Waals surface area contributed by atoms with Crippen molar-refractivity contribution in [2.75, 3.05) is 0 Å². The predicted octanol–water partition coefficient (Wildman–Crippen LogP) is 2.65. The van der Waals surface area contributed by atoms with E-state index in [1.807, 2.05) is 24.5 Å². The lowest BCUT2D eigenvalue weighted by atomic mass is 9.98. The number of hydrogen-bond donors (Lipinski definition) is 0. The molecular weight excluding hydrogens is 250 g/mol. The molecule has 0 saturated heterocycles. The van der Waals surface area contributed by atoms with Gasteiger partial charge >= 0.3 is 0 Å². The highest BCUT2D eigenvalue weighted by Gasteiger charge is 2.09. The Morgan fingerprint density at radius 1 is 1.05 bits per heavy atom. The van der Waals surface area contributed by atoms with Gasteiger partial charge in [0.1, 0.15) is 6.33 Å². The van der Waals surface area contributed by atoms with Crippen molar-refractivity contribution in [2.45, 2.75) is 6.92 Å². The molecule has 0 amide bonds. The maximum atomic E-state index is 4.41. The van der Waals surface area contributed by atoms with Crippen LogP contribution in [-0.2, 0) is 0 Å². The molecule has 0 spiro atoms. The molecule has 0 radical (unpaired) electrons. The van der Waals surface area contributed by atoms with Gasteiger partial charge in [-0.3, -0.25) is 4.98 Å². The molecule has 0 saturated carbocycles. The highest BCUT2D eigenvalue weighted by Crippen LogP contribution is 2.30. The fourth-order valence-electron chi connectivity index (χ4n) is 2.49. The summed E-state index contributed by atoms with van der Waals surface area (Å²) in [5, 5.41) is 5.26. The third-order valence-electron chi connectivity index (χ3n) is 3.42. The normalized spacial score (nSPS) is 11.2. The van der Waals surface area contributed by atoms with E-state index in [9.17, 15) is 0 Å². The van der Waals surface area contributed by atoms with Crippen molar-refractivity contribution in [2.24, 2.45) is 0 Å². The van der Waals surface area contributed by atoms with Gasteiger partial charge in [-0.15, -0.1) is 0 Å². The molecule has 3 aromatic heterocycles. The summed E-state index contributed by atoms with van der Waals surface area (Å²) in [5.74, 6) is 0.602. The van der Waals surface area contributed by atoms with E-state index in [-0.39, 0.29) is 0 Å². The number of nitrogens with zero attached hydrogens (tertiary/aromatic N) is 5. The van der Waals surface area contributed by atoms with Gasteiger partial charge in [-0.05, 0) is 30.2 Å². The molecular formula is C15H11N5. The van der Waals surface area contributed by atoms with Crippen molar-refractivity contribution < 1.29 is 0 Å². The monoisotopic (exact) mass is 261 g/mol. The van der Waals surface area contributed by atoms with E-state index in [0.717, 1.165) is 22.0 Å². The molecule has 1 aromatic carbocycles. The Morgan fingerprint density at radius 3 is 2.95 bits per heavy atom. The Morgan fingerprint density at radius 2 is 2.00 bits per heavy atom. The third-order valence-corrected chi connectivity index (χ3v) is 3.42. The minimum Gasteiger partial charge on any atom is -0.256 e. The Kier molecular flexibility index (Phi) is 2.26. The lowest BCUT2D eigenvalue weighted by molar-refractivity contribution is 0.941. The van der Waals surface area contributed by atoms with Crippen LogP contribution in [-0.4, -0.2) is 24.6 Å². The summed E-state index contributed by atoms with van der Waals surface area (Å²) in [6.07, 6.45) is 7.09. The molecule has 0 aliphatic heterocycles. The zero-order chi connectivity index (χ0) is 13.5. The molecule has 5 heteroatoms. The molecule has 0 unspecified atom stereocenters. The van der Waals surface area contributed by atoms with Crippen molar-refractivity contribution in [3.05, 3.63) is 54.7 Å². The first kappa shape index (κ1) is 11.0. The second-order valence-electron chi connectivity index (χ2n) is 4.67. The second kappa shape index (κ2) is 4.09. The van der Waals surface area contributed by atoms with Crippen molar-refractivity contribution in [3.63, 3.8) is 0 Å². The maximum absolute atomic E-state index is 4.41. The summed E-state index contributed by atoms with van der Waals surface area (Å²) >= 11 is 0. The van der Waals surface area contributed by atoms with E-state index < -0.39 is 0 Å². The Labute approximate surface area is 115 Å².